The van der Waals surface area contributed by atoms with E-state index >= 15 is 0 Å². The number of hydrogen-bond acceptors (Lipinski definition) is 3. The quantitative estimate of drug-likeness (QED) is 0.800. The van der Waals surface area contributed by atoms with Gasteiger partial charge in [-0.25, -0.2) is 0 Å². The molecule has 2 aromatic rings. The molecule has 1 saturated heterocycles. The third kappa shape index (κ3) is 5.33. The molecule has 26 heavy (non-hydrogen) atoms. The van der Waals surface area contributed by atoms with Crippen molar-refractivity contribution >= 4 is 5.91 Å². The van der Waals surface area contributed by atoms with E-state index in [-0.39, 0.29) is 5.91 Å². The van der Waals surface area contributed by atoms with Gasteiger partial charge in [0, 0.05) is 6.54 Å². The van der Waals surface area contributed by atoms with Crippen molar-refractivity contribution in [1.82, 2.24) is 10.6 Å². The van der Waals surface area contributed by atoms with Crippen molar-refractivity contribution in [3.05, 3.63) is 54.6 Å². The molecule has 4 heteroatoms. The smallest absolute Gasteiger partial charge is 0.260 e. The molecule has 0 saturated carbocycles. The first-order valence-electron chi connectivity index (χ1n) is 9.53. The molecule has 2 atom stereocenters. The van der Waals surface area contributed by atoms with E-state index in [0.717, 1.165) is 25.1 Å². The van der Waals surface area contributed by atoms with Gasteiger partial charge in [0.25, 0.3) is 5.91 Å². The van der Waals surface area contributed by atoms with E-state index < -0.39 is 6.10 Å². The summed E-state index contributed by atoms with van der Waals surface area (Å²) in [6, 6.07) is 18.1. The monoisotopic (exact) mass is 352 g/mol. The molecule has 1 heterocycles. The molecule has 0 aliphatic carbocycles. The molecule has 2 N–H and O–H groups in total. The molecule has 138 valence electrons. The van der Waals surface area contributed by atoms with Crippen molar-refractivity contribution in [2.24, 2.45) is 5.92 Å². The Kier molecular flexibility index (Phi) is 6.67. The molecule has 1 fully saturated rings. The lowest BCUT2D eigenvalue weighted by molar-refractivity contribution is -0.127. The van der Waals surface area contributed by atoms with Gasteiger partial charge in [0.1, 0.15) is 5.75 Å². The molecule has 0 radical (unpaired) electrons. The Bertz CT molecular complexity index is 679. The fraction of sp³-hybridized carbons (Fsp3) is 0.409. The maximum absolute atomic E-state index is 12.2. The maximum atomic E-state index is 12.2. The number of piperidine rings is 1. The summed E-state index contributed by atoms with van der Waals surface area (Å²) in [5, 5.41) is 6.40. The zero-order valence-electron chi connectivity index (χ0n) is 15.4. The molecule has 1 aliphatic rings. The SMILES string of the molecule is CC(Oc1ccc(-c2ccccc2)cc1)C(=O)NCCC1CCCNC1. The van der Waals surface area contributed by atoms with E-state index in [9.17, 15) is 4.79 Å². The predicted octanol–water partition coefficient (Wildman–Crippen LogP) is 3.63. The topological polar surface area (TPSA) is 50.4 Å². The summed E-state index contributed by atoms with van der Waals surface area (Å²) in [6.45, 7) is 4.70. The number of rotatable bonds is 7. The van der Waals surface area contributed by atoms with E-state index in [4.69, 9.17) is 4.74 Å². The van der Waals surface area contributed by atoms with Crippen molar-refractivity contribution in [1.29, 1.82) is 0 Å². The van der Waals surface area contributed by atoms with Crippen LogP contribution in [-0.2, 0) is 4.79 Å². The van der Waals surface area contributed by atoms with Gasteiger partial charge >= 0.3 is 0 Å². The number of carbonyl (C=O) groups is 1. The number of nitrogens with one attached hydrogen (secondary N) is 2. The average Bonchev–Trinajstić information content (AvgIpc) is 2.70. The third-order valence-electron chi connectivity index (χ3n) is 4.89. The summed E-state index contributed by atoms with van der Waals surface area (Å²) in [7, 11) is 0. The molecule has 2 aromatic carbocycles. The molecule has 1 amide bonds. The van der Waals surface area contributed by atoms with Crippen molar-refractivity contribution < 1.29 is 9.53 Å². The largest absolute Gasteiger partial charge is 0.481 e. The minimum Gasteiger partial charge on any atom is -0.481 e. The first-order chi connectivity index (χ1) is 12.7. The first kappa shape index (κ1) is 18.5. The molecule has 3 rings (SSSR count). The van der Waals surface area contributed by atoms with Crippen LogP contribution in [0.25, 0.3) is 11.1 Å². The molecule has 0 aromatic heterocycles. The number of ether oxygens (including phenoxy) is 1. The molecule has 2 unspecified atom stereocenters. The van der Waals surface area contributed by atoms with Crippen LogP contribution in [0.4, 0.5) is 0 Å². The molecular weight excluding hydrogens is 324 g/mol. The van der Waals surface area contributed by atoms with Crippen molar-refractivity contribution in [3.8, 4) is 16.9 Å². The first-order valence-corrected chi connectivity index (χ1v) is 9.53. The van der Waals surface area contributed by atoms with Gasteiger partial charge in [0.05, 0.1) is 0 Å². The summed E-state index contributed by atoms with van der Waals surface area (Å²) < 4.78 is 5.79. The number of amides is 1. The van der Waals surface area contributed by atoms with Gasteiger partial charge in [-0.1, -0.05) is 42.5 Å². The highest BCUT2D eigenvalue weighted by atomic mass is 16.5. The van der Waals surface area contributed by atoms with Gasteiger partial charge in [0.2, 0.25) is 0 Å². The summed E-state index contributed by atoms with van der Waals surface area (Å²) in [4.78, 5) is 12.2. The molecule has 4 nitrogen and oxygen atoms in total. The minimum atomic E-state index is -0.498. The van der Waals surface area contributed by atoms with Crippen molar-refractivity contribution in [3.63, 3.8) is 0 Å². The Balaban J connectivity index is 1.44. The van der Waals surface area contributed by atoms with Gasteiger partial charge in [-0.3, -0.25) is 4.79 Å². The minimum absolute atomic E-state index is 0.0547. The molecular formula is C22H28N2O2. The van der Waals surface area contributed by atoms with Crippen LogP contribution >= 0.6 is 0 Å². The van der Waals surface area contributed by atoms with Crippen LogP contribution in [0.3, 0.4) is 0 Å². The van der Waals surface area contributed by atoms with Gasteiger partial charge in [-0.2, -0.15) is 0 Å². The third-order valence-corrected chi connectivity index (χ3v) is 4.89. The number of carbonyl (C=O) groups excluding carboxylic acids is 1. The molecule has 0 spiro atoms. The molecule has 0 bridgehead atoms. The Morgan fingerprint density at radius 2 is 1.88 bits per heavy atom. The van der Waals surface area contributed by atoms with E-state index in [2.05, 4.69) is 22.8 Å². The lowest BCUT2D eigenvalue weighted by Crippen LogP contribution is -2.38. The van der Waals surface area contributed by atoms with E-state index in [1.807, 2.05) is 42.5 Å². The molecule has 1 aliphatic heterocycles. The second-order valence-corrected chi connectivity index (χ2v) is 6.94. The van der Waals surface area contributed by atoms with Crippen LogP contribution in [0.15, 0.2) is 54.6 Å². The van der Waals surface area contributed by atoms with Crippen LogP contribution in [0.2, 0.25) is 0 Å². The number of benzene rings is 2. The lowest BCUT2D eigenvalue weighted by Gasteiger charge is -2.23. The maximum Gasteiger partial charge on any atom is 0.260 e. The second kappa shape index (κ2) is 9.39. The highest BCUT2D eigenvalue weighted by Crippen LogP contribution is 2.22. The summed E-state index contributed by atoms with van der Waals surface area (Å²) >= 11 is 0. The van der Waals surface area contributed by atoms with Crippen molar-refractivity contribution in [2.75, 3.05) is 19.6 Å². The lowest BCUT2D eigenvalue weighted by atomic mass is 9.96. The van der Waals surface area contributed by atoms with Crippen LogP contribution in [0.5, 0.6) is 5.75 Å². The highest BCUT2D eigenvalue weighted by Gasteiger charge is 2.16. The highest BCUT2D eigenvalue weighted by molar-refractivity contribution is 5.80. The van der Waals surface area contributed by atoms with Crippen LogP contribution in [0, 0.1) is 5.92 Å². The normalized spacial score (nSPS) is 18.1. The zero-order valence-corrected chi connectivity index (χ0v) is 15.4. The van der Waals surface area contributed by atoms with Gasteiger partial charge < -0.3 is 15.4 Å². The standard InChI is InChI=1S/C22H28N2O2/c1-17(22(25)24-15-13-18-6-5-14-23-16-18)26-21-11-9-20(10-12-21)19-7-3-2-4-8-19/h2-4,7-12,17-18,23H,5-6,13-16H2,1H3,(H,24,25). The van der Waals surface area contributed by atoms with Crippen LogP contribution in [0.1, 0.15) is 26.2 Å². The van der Waals surface area contributed by atoms with E-state index in [1.54, 1.807) is 6.92 Å². The second-order valence-electron chi connectivity index (χ2n) is 6.94. The van der Waals surface area contributed by atoms with Gasteiger partial charge in [-0.05, 0) is 68.5 Å². The Morgan fingerprint density at radius 3 is 2.58 bits per heavy atom. The average molecular weight is 352 g/mol. The van der Waals surface area contributed by atoms with Gasteiger partial charge in [0.15, 0.2) is 6.10 Å². The number of hydrogen-bond donors (Lipinski definition) is 2. The zero-order chi connectivity index (χ0) is 18.2. The Hall–Kier alpha value is -2.33. The summed E-state index contributed by atoms with van der Waals surface area (Å²) in [5.74, 6) is 1.33. The fourth-order valence-corrected chi connectivity index (χ4v) is 3.33. The van der Waals surface area contributed by atoms with E-state index in [0.29, 0.717) is 18.2 Å². The Morgan fingerprint density at radius 1 is 1.15 bits per heavy atom. The van der Waals surface area contributed by atoms with Crippen molar-refractivity contribution in [2.45, 2.75) is 32.3 Å². The predicted molar refractivity (Wildman–Crippen MR) is 105 cm³/mol. The summed E-state index contributed by atoms with van der Waals surface area (Å²) in [6.07, 6.45) is 3.01. The summed E-state index contributed by atoms with van der Waals surface area (Å²) in [5.41, 5.74) is 2.30. The van der Waals surface area contributed by atoms with E-state index in [1.165, 1.54) is 18.4 Å². The van der Waals surface area contributed by atoms with Crippen LogP contribution in [-0.4, -0.2) is 31.6 Å². The van der Waals surface area contributed by atoms with Gasteiger partial charge in [-0.15, -0.1) is 0 Å². The fourth-order valence-electron chi connectivity index (χ4n) is 3.33. The van der Waals surface area contributed by atoms with Crippen LogP contribution < -0.4 is 15.4 Å². The Labute approximate surface area is 156 Å².